The van der Waals surface area contributed by atoms with E-state index in [0.717, 1.165) is 19.6 Å². The van der Waals surface area contributed by atoms with Crippen molar-refractivity contribution in [2.45, 2.75) is 0 Å². The molecular weight excluding hydrogens is 371 g/mol. The zero-order valence-corrected chi connectivity index (χ0v) is 15.7. The van der Waals surface area contributed by atoms with Gasteiger partial charge < -0.3 is 14.4 Å². The van der Waals surface area contributed by atoms with Crippen LogP contribution >= 0.6 is 11.6 Å². The maximum Gasteiger partial charge on any atom is 0.260 e. The molecule has 0 radical (unpaired) electrons. The first-order valence-electron chi connectivity index (χ1n) is 8.88. The second-order valence-electron chi connectivity index (χ2n) is 6.22. The highest BCUT2D eigenvalue weighted by Crippen LogP contribution is 2.23. The van der Waals surface area contributed by atoms with E-state index in [9.17, 15) is 9.18 Å². The van der Waals surface area contributed by atoms with E-state index in [1.54, 1.807) is 23.1 Å². The van der Waals surface area contributed by atoms with Crippen molar-refractivity contribution >= 4 is 17.5 Å². The van der Waals surface area contributed by atoms with Gasteiger partial charge in [0.1, 0.15) is 12.4 Å². The van der Waals surface area contributed by atoms with Crippen LogP contribution < -0.4 is 9.47 Å². The molecule has 0 aromatic heterocycles. The molecule has 2 aromatic rings. The van der Waals surface area contributed by atoms with E-state index in [0.29, 0.717) is 30.5 Å². The van der Waals surface area contributed by atoms with Crippen LogP contribution in [-0.2, 0) is 4.79 Å². The summed E-state index contributed by atoms with van der Waals surface area (Å²) >= 11 is 6.07. The lowest BCUT2D eigenvalue weighted by Crippen LogP contribution is -2.50. The molecule has 27 heavy (non-hydrogen) atoms. The molecule has 1 aliphatic rings. The van der Waals surface area contributed by atoms with Crippen LogP contribution in [0.1, 0.15) is 0 Å². The molecule has 5 nitrogen and oxygen atoms in total. The maximum atomic E-state index is 13.5. The highest BCUT2D eigenvalue weighted by atomic mass is 35.5. The Kier molecular flexibility index (Phi) is 6.90. The fourth-order valence-corrected chi connectivity index (χ4v) is 3.05. The van der Waals surface area contributed by atoms with E-state index < -0.39 is 5.82 Å². The zero-order chi connectivity index (χ0) is 19.1. The molecule has 0 bridgehead atoms. The lowest BCUT2D eigenvalue weighted by Gasteiger charge is -2.34. The molecule has 1 heterocycles. The Balaban J connectivity index is 1.36. The lowest BCUT2D eigenvalue weighted by atomic mass is 10.3. The number of hydrogen-bond donors (Lipinski definition) is 0. The predicted molar refractivity (Wildman–Crippen MR) is 102 cm³/mol. The first-order valence-corrected chi connectivity index (χ1v) is 9.26. The average molecular weight is 393 g/mol. The Morgan fingerprint density at radius 1 is 0.963 bits per heavy atom. The second kappa shape index (κ2) is 9.58. The van der Waals surface area contributed by atoms with Crippen molar-refractivity contribution in [2.24, 2.45) is 0 Å². The van der Waals surface area contributed by atoms with Gasteiger partial charge in [-0.3, -0.25) is 9.69 Å². The summed E-state index contributed by atoms with van der Waals surface area (Å²) in [7, 11) is 0. The van der Waals surface area contributed by atoms with Crippen molar-refractivity contribution < 1.29 is 18.7 Å². The van der Waals surface area contributed by atoms with Gasteiger partial charge in [0.25, 0.3) is 5.91 Å². The van der Waals surface area contributed by atoms with Crippen LogP contribution in [0.2, 0.25) is 5.02 Å². The van der Waals surface area contributed by atoms with Crippen LogP contribution in [0.3, 0.4) is 0 Å². The summed E-state index contributed by atoms with van der Waals surface area (Å²) in [4.78, 5) is 16.2. The number of para-hydroxylation sites is 2. The first kappa shape index (κ1) is 19.5. The minimum absolute atomic E-state index is 0.0983. The fraction of sp³-hybridized carbons (Fsp3) is 0.350. The summed E-state index contributed by atoms with van der Waals surface area (Å²) in [6.07, 6.45) is 0. The molecule has 1 fully saturated rings. The molecule has 0 atom stereocenters. The third-order valence-corrected chi connectivity index (χ3v) is 4.73. The van der Waals surface area contributed by atoms with Crippen LogP contribution in [-0.4, -0.2) is 61.6 Å². The van der Waals surface area contributed by atoms with Crippen molar-refractivity contribution in [3.05, 3.63) is 59.4 Å². The largest absolute Gasteiger partial charge is 0.491 e. The highest BCUT2D eigenvalue weighted by Gasteiger charge is 2.21. The number of amides is 1. The van der Waals surface area contributed by atoms with Crippen molar-refractivity contribution in [1.29, 1.82) is 0 Å². The molecule has 144 valence electrons. The van der Waals surface area contributed by atoms with Crippen LogP contribution in [0.15, 0.2) is 48.5 Å². The monoisotopic (exact) mass is 392 g/mol. The molecule has 0 unspecified atom stereocenters. The van der Waals surface area contributed by atoms with Crippen LogP contribution in [0.4, 0.5) is 4.39 Å². The molecule has 0 spiro atoms. The fourth-order valence-electron chi connectivity index (χ4n) is 2.86. The summed E-state index contributed by atoms with van der Waals surface area (Å²) in [5.41, 5.74) is 0. The van der Waals surface area contributed by atoms with Gasteiger partial charge in [-0.1, -0.05) is 35.9 Å². The number of carbonyl (C=O) groups excluding carboxylic acids is 1. The summed E-state index contributed by atoms with van der Waals surface area (Å²) in [6, 6.07) is 13.5. The Morgan fingerprint density at radius 2 is 1.63 bits per heavy atom. The van der Waals surface area contributed by atoms with E-state index in [1.165, 1.54) is 12.1 Å². The third-order valence-electron chi connectivity index (χ3n) is 4.41. The van der Waals surface area contributed by atoms with Gasteiger partial charge >= 0.3 is 0 Å². The number of carbonyl (C=O) groups is 1. The van der Waals surface area contributed by atoms with E-state index in [2.05, 4.69) is 4.90 Å². The summed E-state index contributed by atoms with van der Waals surface area (Å²) in [6.45, 7) is 3.90. The molecule has 1 aliphatic heterocycles. The average Bonchev–Trinajstić information content (AvgIpc) is 2.69. The highest BCUT2D eigenvalue weighted by molar-refractivity contribution is 6.32. The van der Waals surface area contributed by atoms with Crippen molar-refractivity contribution in [3.8, 4) is 11.5 Å². The van der Waals surface area contributed by atoms with Gasteiger partial charge in [0, 0.05) is 32.7 Å². The smallest absolute Gasteiger partial charge is 0.260 e. The Hall–Kier alpha value is -2.31. The number of rotatable bonds is 7. The van der Waals surface area contributed by atoms with Gasteiger partial charge in [-0.25, -0.2) is 4.39 Å². The first-order chi connectivity index (χ1) is 13.1. The normalized spacial score (nSPS) is 14.8. The van der Waals surface area contributed by atoms with Gasteiger partial charge in [-0.05, 0) is 24.3 Å². The lowest BCUT2D eigenvalue weighted by molar-refractivity contribution is -0.135. The molecule has 0 saturated carbocycles. The standard InChI is InChI=1S/C20H22ClFN2O3/c21-16-5-1-3-7-18(16)26-14-13-23-9-11-24(12-10-23)20(25)15-27-19-8-4-2-6-17(19)22/h1-8H,9-15H2. The topological polar surface area (TPSA) is 42.0 Å². The third kappa shape index (κ3) is 5.58. The van der Waals surface area contributed by atoms with Crippen molar-refractivity contribution in [2.75, 3.05) is 45.9 Å². The molecule has 3 rings (SSSR count). The number of nitrogens with zero attached hydrogens (tertiary/aromatic N) is 2. The van der Waals surface area contributed by atoms with Gasteiger partial charge in [0.15, 0.2) is 18.2 Å². The molecule has 0 aliphatic carbocycles. The van der Waals surface area contributed by atoms with Gasteiger partial charge in [0.2, 0.25) is 0 Å². The summed E-state index contributed by atoms with van der Waals surface area (Å²) in [5, 5.41) is 0.600. The number of piperazine rings is 1. The SMILES string of the molecule is O=C(COc1ccccc1F)N1CCN(CCOc2ccccc2Cl)CC1. The van der Waals surface area contributed by atoms with E-state index >= 15 is 0 Å². The Bertz CT molecular complexity index is 766. The van der Waals surface area contributed by atoms with Crippen molar-refractivity contribution in [1.82, 2.24) is 9.80 Å². The van der Waals surface area contributed by atoms with Crippen LogP contribution in [0.5, 0.6) is 11.5 Å². The molecular formula is C20H22ClFN2O3. The second-order valence-corrected chi connectivity index (χ2v) is 6.63. The predicted octanol–water partition coefficient (Wildman–Crippen LogP) is 3.08. The number of hydrogen-bond acceptors (Lipinski definition) is 4. The van der Waals surface area contributed by atoms with Gasteiger partial charge in [-0.2, -0.15) is 0 Å². The van der Waals surface area contributed by atoms with E-state index in [1.807, 2.05) is 18.2 Å². The van der Waals surface area contributed by atoms with Crippen LogP contribution in [0.25, 0.3) is 0 Å². The van der Waals surface area contributed by atoms with E-state index in [-0.39, 0.29) is 18.3 Å². The minimum atomic E-state index is -0.464. The van der Waals surface area contributed by atoms with Crippen LogP contribution in [0, 0.1) is 5.82 Å². The Labute approximate surface area is 163 Å². The molecule has 0 N–H and O–H groups in total. The van der Waals surface area contributed by atoms with Gasteiger partial charge in [0.05, 0.1) is 5.02 Å². The Morgan fingerprint density at radius 3 is 2.33 bits per heavy atom. The number of ether oxygens (including phenoxy) is 2. The summed E-state index contributed by atoms with van der Waals surface area (Å²) in [5.74, 6) is 0.179. The number of benzene rings is 2. The molecule has 7 heteroatoms. The molecule has 2 aromatic carbocycles. The van der Waals surface area contributed by atoms with E-state index in [4.69, 9.17) is 21.1 Å². The summed E-state index contributed by atoms with van der Waals surface area (Å²) < 4.78 is 24.5. The van der Waals surface area contributed by atoms with Gasteiger partial charge in [-0.15, -0.1) is 0 Å². The van der Waals surface area contributed by atoms with Crippen molar-refractivity contribution in [3.63, 3.8) is 0 Å². The zero-order valence-electron chi connectivity index (χ0n) is 14.9. The minimum Gasteiger partial charge on any atom is -0.491 e. The molecule has 1 amide bonds. The maximum absolute atomic E-state index is 13.5. The molecule has 1 saturated heterocycles. The number of halogens is 2. The quantitative estimate of drug-likeness (QED) is 0.726.